The number of carbonyl (C=O) groups is 1. The van der Waals surface area contributed by atoms with Crippen molar-refractivity contribution in [3.63, 3.8) is 0 Å². The first kappa shape index (κ1) is 15.2. The summed E-state index contributed by atoms with van der Waals surface area (Å²) in [5.41, 5.74) is 3.10. The van der Waals surface area contributed by atoms with Gasteiger partial charge in [-0.1, -0.05) is 42.5 Å². The largest absolute Gasteiger partial charge is 0.392 e. The van der Waals surface area contributed by atoms with Crippen LogP contribution in [0.5, 0.6) is 0 Å². The van der Waals surface area contributed by atoms with Crippen LogP contribution in [0.25, 0.3) is 11.1 Å². The van der Waals surface area contributed by atoms with E-state index < -0.39 is 0 Å². The third-order valence-electron chi connectivity index (χ3n) is 5.31. The Morgan fingerprint density at radius 2 is 1.50 bits per heavy atom. The zero-order chi connectivity index (χ0) is 16.5. The number of amides is 2. The number of nitrogens with zero attached hydrogens (tertiary/aromatic N) is 1. The molecule has 0 aromatic heterocycles. The number of benzene rings is 2. The number of carbonyl (C=O) groups excluding carboxylic acids is 1. The summed E-state index contributed by atoms with van der Waals surface area (Å²) >= 11 is 0. The Balaban J connectivity index is 1.41. The van der Waals surface area contributed by atoms with Gasteiger partial charge in [0, 0.05) is 30.6 Å². The lowest BCUT2D eigenvalue weighted by Gasteiger charge is -2.35. The van der Waals surface area contributed by atoms with Crippen molar-refractivity contribution in [3.05, 3.63) is 54.6 Å². The highest BCUT2D eigenvalue weighted by atomic mass is 16.3. The zero-order valence-electron chi connectivity index (χ0n) is 13.6. The molecule has 2 aliphatic rings. The molecule has 24 heavy (non-hydrogen) atoms. The van der Waals surface area contributed by atoms with Crippen LogP contribution in [-0.4, -0.2) is 35.2 Å². The van der Waals surface area contributed by atoms with Gasteiger partial charge in [-0.2, -0.15) is 0 Å². The van der Waals surface area contributed by atoms with Gasteiger partial charge in [-0.3, -0.25) is 0 Å². The minimum absolute atomic E-state index is 0.0636. The Labute approximate surface area is 142 Å². The molecule has 4 nitrogen and oxygen atoms in total. The third-order valence-corrected chi connectivity index (χ3v) is 5.31. The van der Waals surface area contributed by atoms with E-state index in [1.807, 2.05) is 47.4 Å². The van der Waals surface area contributed by atoms with E-state index in [0.717, 1.165) is 29.7 Å². The fraction of sp³-hybridized carbons (Fsp3) is 0.350. The smallest absolute Gasteiger partial charge is 0.321 e. The van der Waals surface area contributed by atoms with E-state index in [-0.39, 0.29) is 24.0 Å². The number of piperidine rings is 1. The molecule has 2 aromatic rings. The van der Waals surface area contributed by atoms with Gasteiger partial charge in [0.05, 0.1) is 6.10 Å². The van der Waals surface area contributed by atoms with Gasteiger partial charge in [-0.25, -0.2) is 4.79 Å². The lowest BCUT2D eigenvalue weighted by molar-refractivity contribution is 0.0326. The number of nitrogens with one attached hydrogen (secondary N) is 1. The van der Waals surface area contributed by atoms with Crippen molar-refractivity contribution >= 4 is 11.7 Å². The summed E-state index contributed by atoms with van der Waals surface area (Å²) in [6.07, 6.45) is 1.84. The van der Waals surface area contributed by atoms with Crippen molar-refractivity contribution in [1.82, 2.24) is 4.90 Å². The first-order chi connectivity index (χ1) is 11.7. The van der Waals surface area contributed by atoms with Gasteiger partial charge in [-0.15, -0.1) is 0 Å². The molecule has 4 rings (SSSR count). The monoisotopic (exact) mass is 322 g/mol. The molecule has 3 atom stereocenters. The summed E-state index contributed by atoms with van der Waals surface area (Å²) in [6, 6.07) is 18.0. The average Bonchev–Trinajstić information content (AvgIpc) is 2.84. The Kier molecular flexibility index (Phi) is 3.98. The van der Waals surface area contributed by atoms with Crippen molar-refractivity contribution in [2.75, 3.05) is 18.4 Å². The van der Waals surface area contributed by atoms with Crippen molar-refractivity contribution in [2.24, 2.45) is 11.8 Å². The van der Waals surface area contributed by atoms with E-state index in [2.05, 4.69) is 17.4 Å². The molecule has 2 bridgehead atoms. The molecule has 124 valence electrons. The first-order valence-corrected chi connectivity index (χ1v) is 8.60. The van der Waals surface area contributed by atoms with Crippen molar-refractivity contribution in [2.45, 2.75) is 18.9 Å². The predicted molar refractivity (Wildman–Crippen MR) is 94.7 cm³/mol. The lowest BCUT2D eigenvalue weighted by Crippen LogP contribution is -2.48. The number of likely N-dealkylation sites (tertiary alicyclic amines) is 1. The van der Waals surface area contributed by atoms with E-state index in [0.29, 0.717) is 13.1 Å². The number of hydrogen-bond acceptors (Lipinski definition) is 2. The van der Waals surface area contributed by atoms with E-state index in [1.54, 1.807) is 0 Å². The maximum atomic E-state index is 12.5. The molecule has 1 heterocycles. The number of urea groups is 1. The quantitative estimate of drug-likeness (QED) is 0.888. The number of aliphatic hydroxyl groups is 1. The zero-order valence-corrected chi connectivity index (χ0v) is 13.6. The van der Waals surface area contributed by atoms with Crippen LogP contribution in [0.1, 0.15) is 12.8 Å². The second kappa shape index (κ2) is 6.29. The van der Waals surface area contributed by atoms with Crippen molar-refractivity contribution in [3.8, 4) is 11.1 Å². The third kappa shape index (κ3) is 2.89. The lowest BCUT2D eigenvalue weighted by atomic mass is 9.95. The second-order valence-corrected chi connectivity index (χ2v) is 6.87. The molecule has 1 saturated carbocycles. The fourth-order valence-corrected chi connectivity index (χ4v) is 3.94. The Hall–Kier alpha value is -2.33. The molecule has 2 N–H and O–H groups in total. The number of rotatable bonds is 2. The maximum Gasteiger partial charge on any atom is 0.321 e. The Morgan fingerprint density at radius 1 is 0.917 bits per heavy atom. The summed E-state index contributed by atoms with van der Waals surface area (Å²) in [7, 11) is 0. The topological polar surface area (TPSA) is 52.6 Å². The summed E-state index contributed by atoms with van der Waals surface area (Å²) in [4.78, 5) is 14.3. The highest BCUT2D eigenvalue weighted by molar-refractivity contribution is 5.89. The fourth-order valence-electron chi connectivity index (χ4n) is 3.94. The van der Waals surface area contributed by atoms with E-state index >= 15 is 0 Å². The van der Waals surface area contributed by atoms with Crippen LogP contribution in [0.15, 0.2) is 54.6 Å². The summed E-state index contributed by atoms with van der Waals surface area (Å²) in [6.45, 7) is 1.32. The molecule has 0 radical (unpaired) electrons. The number of aliphatic hydroxyl groups excluding tert-OH is 1. The molecule has 1 unspecified atom stereocenters. The molecule has 4 heteroatoms. The molecular formula is C20H22N2O2. The van der Waals surface area contributed by atoms with Gasteiger partial charge in [0.2, 0.25) is 0 Å². The number of anilines is 1. The van der Waals surface area contributed by atoms with E-state index in [4.69, 9.17) is 0 Å². The average molecular weight is 322 g/mol. The highest BCUT2D eigenvalue weighted by Gasteiger charge is 2.42. The SMILES string of the molecule is O=C(Nc1ccc(-c2ccccc2)cc1)N1C[C@H]2CC[C@@H](C1)C2O. The van der Waals surface area contributed by atoms with Gasteiger partial charge in [0.25, 0.3) is 0 Å². The van der Waals surface area contributed by atoms with E-state index in [1.165, 1.54) is 0 Å². The van der Waals surface area contributed by atoms with Crippen LogP contribution in [0, 0.1) is 11.8 Å². The Morgan fingerprint density at radius 3 is 2.12 bits per heavy atom. The molecule has 2 fully saturated rings. The molecule has 2 aromatic carbocycles. The molecule has 1 saturated heterocycles. The molecule has 0 spiro atoms. The molecule has 1 aliphatic heterocycles. The van der Waals surface area contributed by atoms with Gasteiger partial charge in [0.1, 0.15) is 0 Å². The van der Waals surface area contributed by atoms with Crippen LogP contribution in [0.2, 0.25) is 0 Å². The number of hydrogen-bond donors (Lipinski definition) is 2. The van der Waals surface area contributed by atoms with Crippen LogP contribution >= 0.6 is 0 Å². The minimum Gasteiger partial charge on any atom is -0.392 e. The van der Waals surface area contributed by atoms with Crippen LogP contribution in [0.3, 0.4) is 0 Å². The predicted octanol–water partition coefficient (Wildman–Crippen LogP) is 3.59. The Bertz CT molecular complexity index is 700. The van der Waals surface area contributed by atoms with Crippen molar-refractivity contribution in [1.29, 1.82) is 0 Å². The second-order valence-electron chi connectivity index (χ2n) is 6.87. The normalized spacial score (nSPS) is 25.5. The molecule has 1 aliphatic carbocycles. The standard InChI is InChI=1S/C20H22N2O2/c23-19-16-6-7-17(19)13-22(12-16)20(24)21-18-10-8-15(9-11-18)14-4-2-1-3-5-14/h1-5,8-11,16-17,19,23H,6-7,12-13H2,(H,21,24)/t16-,17+,19?. The summed E-state index contributed by atoms with van der Waals surface area (Å²) in [5, 5.41) is 13.1. The van der Waals surface area contributed by atoms with Gasteiger partial charge in [0.15, 0.2) is 0 Å². The molecule has 2 amide bonds. The summed E-state index contributed by atoms with van der Waals surface area (Å²) in [5.74, 6) is 0.491. The molecular weight excluding hydrogens is 300 g/mol. The van der Waals surface area contributed by atoms with Gasteiger partial charge < -0.3 is 15.3 Å². The van der Waals surface area contributed by atoms with Gasteiger partial charge >= 0.3 is 6.03 Å². The van der Waals surface area contributed by atoms with Crippen LogP contribution in [-0.2, 0) is 0 Å². The van der Waals surface area contributed by atoms with Crippen LogP contribution < -0.4 is 5.32 Å². The van der Waals surface area contributed by atoms with Crippen LogP contribution in [0.4, 0.5) is 10.5 Å². The maximum absolute atomic E-state index is 12.5. The van der Waals surface area contributed by atoms with E-state index in [9.17, 15) is 9.90 Å². The first-order valence-electron chi connectivity index (χ1n) is 8.60. The van der Waals surface area contributed by atoms with Gasteiger partial charge in [-0.05, 0) is 36.1 Å². The highest BCUT2D eigenvalue weighted by Crippen LogP contribution is 2.36. The minimum atomic E-state index is -0.223. The number of fused-ring (bicyclic) bond motifs is 2. The summed E-state index contributed by atoms with van der Waals surface area (Å²) < 4.78 is 0. The van der Waals surface area contributed by atoms with Crippen molar-refractivity contribution < 1.29 is 9.90 Å².